The summed E-state index contributed by atoms with van der Waals surface area (Å²) < 4.78 is 5.86. The lowest BCUT2D eigenvalue weighted by molar-refractivity contribution is -0.137. The third kappa shape index (κ3) is 2.61. The molecule has 0 bridgehead atoms. The molecule has 0 radical (unpaired) electrons. The van der Waals surface area contributed by atoms with Gasteiger partial charge in [-0.15, -0.1) is 0 Å². The molecule has 0 atom stereocenters. The number of aromatic amines is 1. The number of aromatic nitrogens is 2. The second kappa shape index (κ2) is 5.35. The summed E-state index contributed by atoms with van der Waals surface area (Å²) in [5.74, 6) is -0.346. The van der Waals surface area contributed by atoms with Gasteiger partial charge in [0.1, 0.15) is 0 Å². The number of hydrogen-bond acceptors (Lipinski definition) is 3. The van der Waals surface area contributed by atoms with Crippen LogP contribution < -0.4 is 0 Å². The molecule has 0 saturated carbocycles. The Morgan fingerprint density at radius 3 is 3.06 bits per heavy atom. The van der Waals surface area contributed by atoms with Gasteiger partial charge in [-0.2, -0.15) is 5.10 Å². The quantitative estimate of drug-likeness (QED) is 0.699. The Kier molecular flexibility index (Phi) is 3.81. The maximum absolute atomic E-state index is 11.4. The number of halogens is 1. The van der Waals surface area contributed by atoms with E-state index in [1.807, 2.05) is 25.1 Å². The van der Waals surface area contributed by atoms with E-state index >= 15 is 0 Å². The van der Waals surface area contributed by atoms with Gasteiger partial charge in [0.05, 0.1) is 17.8 Å². The molecule has 94 valence electrons. The van der Waals surface area contributed by atoms with Gasteiger partial charge in [-0.25, -0.2) is 4.79 Å². The number of rotatable bonds is 3. The first-order valence-corrected chi connectivity index (χ1v) is 6.40. The lowest BCUT2D eigenvalue weighted by atomic mass is 10.1. The first-order valence-electron chi connectivity index (χ1n) is 5.61. The highest BCUT2D eigenvalue weighted by Gasteiger charge is 2.09. The molecular weight excluding hydrogens is 296 g/mol. The minimum Gasteiger partial charge on any atom is -0.463 e. The van der Waals surface area contributed by atoms with E-state index in [0.29, 0.717) is 6.61 Å². The van der Waals surface area contributed by atoms with Crippen LogP contribution in [-0.2, 0) is 9.53 Å². The molecule has 4 nitrogen and oxygen atoms in total. The third-order valence-electron chi connectivity index (χ3n) is 2.52. The van der Waals surface area contributed by atoms with E-state index < -0.39 is 0 Å². The van der Waals surface area contributed by atoms with Crippen LogP contribution in [0.25, 0.3) is 16.5 Å². The number of esters is 1. The Labute approximate surface area is 113 Å². The normalized spacial score (nSPS) is 11.8. The maximum atomic E-state index is 11.4. The van der Waals surface area contributed by atoms with Crippen molar-refractivity contribution in [1.82, 2.24) is 10.2 Å². The molecule has 1 aromatic carbocycles. The monoisotopic (exact) mass is 308 g/mol. The topological polar surface area (TPSA) is 55.0 Å². The second-order valence-electron chi connectivity index (χ2n) is 3.84. The molecule has 1 aromatic heterocycles. The Bertz CT molecular complexity index is 616. The van der Waals surface area contributed by atoms with E-state index in [1.54, 1.807) is 6.92 Å². The number of nitrogens with one attached hydrogen (secondary N) is 1. The number of allylic oxidation sites excluding steroid dienone is 1. The van der Waals surface area contributed by atoms with Crippen molar-refractivity contribution >= 4 is 38.4 Å². The first kappa shape index (κ1) is 12.8. The minimum absolute atomic E-state index is 0.346. The average molecular weight is 309 g/mol. The van der Waals surface area contributed by atoms with Crippen LogP contribution in [0.15, 0.2) is 28.7 Å². The highest BCUT2D eigenvalue weighted by Crippen LogP contribution is 2.25. The van der Waals surface area contributed by atoms with Gasteiger partial charge in [0.2, 0.25) is 0 Å². The van der Waals surface area contributed by atoms with E-state index in [0.717, 1.165) is 26.6 Å². The van der Waals surface area contributed by atoms with Crippen LogP contribution in [0.4, 0.5) is 0 Å². The van der Waals surface area contributed by atoms with Crippen LogP contribution in [0, 0.1) is 0 Å². The van der Waals surface area contributed by atoms with Crippen LogP contribution in [0.3, 0.4) is 0 Å². The smallest absolute Gasteiger partial charge is 0.331 e. The number of benzene rings is 1. The average Bonchev–Trinajstić information content (AvgIpc) is 2.71. The molecule has 1 heterocycles. The highest BCUT2D eigenvalue weighted by molar-refractivity contribution is 9.10. The molecule has 0 amide bonds. The SMILES string of the molecule is CCOC(=O)C=C(C)c1n[nH]c2ccc(Br)cc12. The fraction of sp³-hybridized carbons (Fsp3) is 0.231. The summed E-state index contributed by atoms with van der Waals surface area (Å²) in [6.07, 6.45) is 1.46. The van der Waals surface area contributed by atoms with Crippen LogP contribution >= 0.6 is 15.9 Å². The summed E-state index contributed by atoms with van der Waals surface area (Å²) in [6.45, 7) is 3.99. The maximum Gasteiger partial charge on any atom is 0.331 e. The van der Waals surface area contributed by atoms with Crippen LogP contribution in [0.2, 0.25) is 0 Å². The van der Waals surface area contributed by atoms with Gasteiger partial charge < -0.3 is 4.74 Å². The number of H-pyrrole nitrogens is 1. The molecule has 0 spiro atoms. The van der Waals surface area contributed by atoms with Gasteiger partial charge in [-0.3, -0.25) is 5.10 Å². The molecule has 0 aliphatic rings. The number of nitrogens with zero attached hydrogens (tertiary/aromatic N) is 1. The number of hydrogen-bond donors (Lipinski definition) is 1. The van der Waals surface area contributed by atoms with Crippen molar-refractivity contribution in [3.63, 3.8) is 0 Å². The Balaban J connectivity index is 2.41. The molecule has 18 heavy (non-hydrogen) atoms. The lowest BCUT2D eigenvalue weighted by Gasteiger charge is -1.99. The van der Waals surface area contributed by atoms with Crippen molar-refractivity contribution in [3.05, 3.63) is 34.4 Å². The van der Waals surface area contributed by atoms with Gasteiger partial charge in [0.15, 0.2) is 0 Å². The zero-order valence-corrected chi connectivity index (χ0v) is 11.7. The number of carbonyl (C=O) groups is 1. The second-order valence-corrected chi connectivity index (χ2v) is 4.76. The fourth-order valence-corrected chi connectivity index (χ4v) is 2.08. The predicted molar refractivity (Wildman–Crippen MR) is 74.1 cm³/mol. The van der Waals surface area contributed by atoms with Crippen molar-refractivity contribution in [1.29, 1.82) is 0 Å². The molecule has 0 aliphatic heterocycles. The summed E-state index contributed by atoms with van der Waals surface area (Å²) >= 11 is 3.42. The lowest BCUT2D eigenvalue weighted by Crippen LogP contribution is -2.00. The predicted octanol–water partition coefficient (Wildman–Crippen LogP) is 3.29. The molecule has 2 rings (SSSR count). The van der Waals surface area contributed by atoms with Crippen LogP contribution in [-0.4, -0.2) is 22.8 Å². The Morgan fingerprint density at radius 2 is 2.33 bits per heavy atom. The van der Waals surface area contributed by atoms with Gasteiger partial charge in [0, 0.05) is 15.9 Å². The van der Waals surface area contributed by atoms with Gasteiger partial charge in [0.25, 0.3) is 0 Å². The highest BCUT2D eigenvalue weighted by atomic mass is 79.9. The zero-order valence-electron chi connectivity index (χ0n) is 10.2. The van der Waals surface area contributed by atoms with Crippen LogP contribution in [0.5, 0.6) is 0 Å². The number of ether oxygens (including phenoxy) is 1. The molecular formula is C13H13BrN2O2. The van der Waals surface area contributed by atoms with E-state index in [4.69, 9.17) is 4.74 Å². The largest absolute Gasteiger partial charge is 0.463 e. The summed E-state index contributed by atoms with van der Waals surface area (Å²) in [6, 6.07) is 5.85. The van der Waals surface area contributed by atoms with E-state index in [-0.39, 0.29) is 5.97 Å². The molecule has 0 aliphatic carbocycles. The van der Waals surface area contributed by atoms with Crippen molar-refractivity contribution in [2.24, 2.45) is 0 Å². The van der Waals surface area contributed by atoms with E-state index in [2.05, 4.69) is 26.1 Å². The third-order valence-corrected chi connectivity index (χ3v) is 3.01. The van der Waals surface area contributed by atoms with Gasteiger partial charge in [-0.05, 0) is 37.6 Å². The molecule has 1 N–H and O–H groups in total. The minimum atomic E-state index is -0.346. The van der Waals surface area contributed by atoms with Crippen molar-refractivity contribution in [2.75, 3.05) is 6.61 Å². The van der Waals surface area contributed by atoms with Crippen molar-refractivity contribution in [2.45, 2.75) is 13.8 Å². The standard InChI is InChI=1S/C13H13BrN2O2/c1-3-18-12(17)6-8(2)13-10-7-9(14)4-5-11(10)15-16-13/h4-7H,3H2,1-2H3,(H,15,16). The van der Waals surface area contributed by atoms with Crippen molar-refractivity contribution in [3.8, 4) is 0 Å². The Hall–Kier alpha value is -1.62. The first-order chi connectivity index (χ1) is 8.61. The summed E-state index contributed by atoms with van der Waals surface area (Å²) in [5.41, 5.74) is 2.47. The molecule has 0 saturated heterocycles. The van der Waals surface area contributed by atoms with Gasteiger partial charge in [-0.1, -0.05) is 15.9 Å². The van der Waals surface area contributed by atoms with Crippen molar-refractivity contribution < 1.29 is 9.53 Å². The summed E-state index contributed by atoms with van der Waals surface area (Å²) in [7, 11) is 0. The summed E-state index contributed by atoms with van der Waals surface area (Å²) in [5, 5.41) is 8.14. The van der Waals surface area contributed by atoms with E-state index in [9.17, 15) is 4.79 Å². The zero-order chi connectivity index (χ0) is 13.1. The number of carbonyl (C=O) groups excluding carboxylic acids is 1. The fourth-order valence-electron chi connectivity index (χ4n) is 1.72. The van der Waals surface area contributed by atoms with E-state index in [1.165, 1.54) is 6.08 Å². The summed E-state index contributed by atoms with van der Waals surface area (Å²) in [4.78, 5) is 11.4. The Morgan fingerprint density at radius 1 is 1.56 bits per heavy atom. The molecule has 5 heteroatoms. The number of fused-ring (bicyclic) bond motifs is 1. The molecule has 2 aromatic rings. The van der Waals surface area contributed by atoms with Gasteiger partial charge >= 0.3 is 5.97 Å². The molecule has 0 fully saturated rings. The molecule has 0 unspecified atom stereocenters. The van der Waals surface area contributed by atoms with Crippen LogP contribution in [0.1, 0.15) is 19.5 Å².